The molecule has 2 rings (SSSR count). The quantitative estimate of drug-likeness (QED) is 0.695. The van der Waals surface area contributed by atoms with Gasteiger partial charge >= 0.3 is 0 Å². The molecule has 0 amide bonds. The molecule has 0 fully saturated rings. The lowest BCUT2D eigenvalue weighted by molar-refractivity contribution is 0.300. The third kappa shape index (κ3) is 3.90. The summed E-state index contributed by atoms with van der Waals surface area (Å²) in [7, 11) is 2.69. The minimum absolute atomic E-state index is 0.0552. The number of sulfonamides is 1. The van der Waals surface area contributed by atoms with E-state index < -0.39 is 10.0 Å². The van der Waals surface area contributed by atoms with Gasteiger partial charge in [-0.05, 0) is 12.1 Å². The number of anilines is 1. The van der Waals surface area contributed by atoms with Crippen molar-refractivity contribution in [2.45, 2.75) is 4.90 Å². The van der Waals surface area contributed by atoms with Gasteiger partial charge in [-0.15, -0.1) is 0 Å². The fourth-order valence-electron chi connectivity index (χ4n) is 2.46. The van der Waals surface area contributed by atoms with Gasteiger partial charge in [-0.2, -0.15) is 0 Å². The molecule has 2 aromatic carbocycles. The highest BCUT2D eigenvalue weighted by Gasteiger charge is 2.29. The molecule has 0 unspecified atom stereocenters. The van der Waals surface area contributed by atoms with E-state index in [9.17, 15) is 13.5 Å². The Morgan fingerprint density at radius 2 is 1.37 bits per heavy atom. The molecule has 0 saturated carbocycles. The van der Waals surface area contributed by atoms with Crippen molar-refractivity contribution in [2.75, 3.05) is 40.3 Å². The standard InChI is InChI=1S/C17H21NO8S/c1-22-12-7-6-10(8-11(12)19)18-27(20,21)14-9-13(23-2)15(24-3)17(26-5)16(14)25-4/h6-9,18-19H,1-5H3. The molecule has 27 heavy (non-hydrogen) atoms. The van der Waals surface area contributed by atoms with Gasteiger partial charge in [-0.25, -0.2) is 8.42 Å². The molecule has 0 aliphatic carbocycles. The van der Waals surface area contributed by atoms with Crippen LogP contribution in [0.5, 0.6) is 34.5 Å². The number of aromatic hydroxyl groups is 1. The Bertz CT molecular complexity index is 927. The van der Waals surface area contributed by atoms with Crippen LogP contribution in [0.1, 0.15) is 0 Å². The molecule has 0 spiro atoms. The summed E-state index contributed by atoms with van der Waals surface area (Å²) >= 11 is 0. The lowest BCUT2D eigenvalue weighted by atomic mass is 10.2. The van der Waals surface area contributed by atoms with Crippen molar-refractivity contribution in [1.29, 1.82) is 0 Å². The molecule has 2 N–H and O–H groups in total. The van der Waals surface area contributed by atoms with Gasteiger partial charge in [-0.1, -0.05) is 0 Å². The molecule has 10 heteroatoms. The second kappa shape index (κ2) is 8.12. The minimum Gasteiger partial charge on any atom is -0.504 e. The summed E-state index contributed by atoms with van der Waals surface area (Å²) in [6, 6.07) is 5.35. The maximum absolute atomic E-state index is 12.9. The number of methoxy groups -OCH3 is 5. The Hall–Kier alpha value is -3.01. The van der Waals surface area contributed by atoms with Crippen LogP contribution in [0.25, 0.3) is 0 Å². The van der Waals surface area contributed by atoms with Crippen molar-refractivity contribution in [3.8, 4) is 34.5 Å². The van der Waals surface area contributed by atoms with Crippen LogP contribution in [0.15, 0.2) is 29.2 Å². The highest BCUT2D eigenvalue weighted by Crippen LogP contribution is 2.48. The topological polar surface area (TPSA) is 113 Å². The molecule has 0 atom stereocenters. The summed E-state index contributed by atoms with van der Waals surface area (Å²) < 4.78 is 54.1. The number of benzene rings is 2. The predicted molar refractivity (Wildman–Crippen MR) is 98.1 cm³/mol. The summed E-state index contributed by atoms with van der Waals surface area (Å²) in [4.78, 5) is -0.227. The van der Waals surface area contributed by atoms with Gasteiger partial charge < -0.3 is 28.8 Å². The fraction of sp³-hybridized carbons (Fsp3) is 0.294. The molecule has 0 aromatic heterocycles. The van der Waals surface area contributed by atoms with Crippen molar-refractivity contribution in [3.63, 3.8) is 0 Å². The maximum atomic E-state index is 12.9. The zero-order valence-electron chi connectivity index (χ0n) is 15.5. The van der Waals surface area contributed by atoms with E-state index in [1.807, 2.05) is 0 Å². The summed E-state index contributed by atoms with van der Waals surface area (Å²) in [6.45, 7) is 0. The first-order valence-corrected chi connectivity index (χ1v) is 9.08. The zero-order valence-corrected chi connectivity index (χ0v) is 16.3. The Balaban J connectivity index is 2.59. The maximum Gasteiger partial charge on any atom is 0.265 e. The molecule has 0 heterocycles. The van der Waals surface area contributed by atoms with Crippen LogP contribution in [0.4, 0.5) is 5.69 Å². The smallest absolute Gasteiger partial charge is 0.265 e. The van der Waals surface area contributed by atoms with Gasteiger partial charge in [0, 0.05) is 12.1 Å². The normalized spacial score (nSPS) is 10.9. The van der Waals surface area contributed by atoms with Crippen molar-refractivity contribution in [3.05, 3.63) is 24.3 Å². The molecule has 2 aromatic rings. The molecule has 0 bridgehead atoms. The summed E-state index contributed by atoms with van der Waals surface area (Å²) in [6.07, 6.45) is 0. The number of nitrogens with one attached hydrogen (secondary N) is 1. The van der Waals surface area contributed by atoms with Crippen LogP contribution >= 0.6 is 0 Å². The van der Waals surface area contributed by atoms with Crippen LogP contribution in [-0.4, -0.2) is 49.1 Å². The molecule has 148 valence electrons. The number of rotatable bonds is 8. The first-order valence-electron chi connectivity index (χ1n) is 7.59. The SMILES string of the molecule is COc1ccc(NS(=O)(=O)c2cc(OC)c(OC)c(OC)c2OC)cc1O. The second-order valence-electron chi connectivity index (χ2n) is 5.17. The molecular formula is C17H21NO8S. The highest BCUT2D eigenvalue weighted by molar-refractivity contribution is 7.92. The molecule has 0 aliphatic heterocycles. The fourth-order valence-corrected chi connectivity index (χ4v) is 3.69. The largest absolute Gasteiger partial charge is 0.504 e. The van der Waals surface area contributed by atoms with Gasteiger partial charge in [-0.3, -0.25) is 4.72 Å². The van der Waals surface area contributed by atoms with Gasteiger partial charge in [0.05, 0.1) is 41.2 Å². The first kappa shape index (κ1) is 20.3. The van der Waals surface area contributed by atoms with Crippen molar-refractivity contribution >= 4 is 15.7 Å². The van der Waals surface area contributed by atoms with Crippen LogP contribution in [0.2, 0.25) is 0 Å². The van der Waals surface area contributed by atoms with E-state index in [4.69, 9.17) is 23.7 Å². The monoisotopic (exact) mass is 399 g/mol. The number of phenols is 1. The summed E-state index contributed by atoms with van der Waals surface area (Å²) in [5.74, 6) is 0.349. The Morgan fingerprint density at radius 1 is 0.778 bits per heavy atom. The van der Waals surface area contributed by atoms with Gasteiger partial charge in [0.25, 0.3) is 10.0 Å². The van der Waals surface area contributed by atoms with E-state index in [1.165, 1.54) is 59.8 Å². The molecule has 9 nitrogen and oxygen atoms in total. The minimum atomic E-state index is -4.13. The van der Waals surface area contributed by atoms with Gasteiger partial charge in [0.1, 0.15) is 4.90 Å². The van der Waals surface area contributed by atoms with E-state index in [0.717, 1.165) is 0 Å². The molecule has 0 radical (unpaired) electrons. The van der Waals surface area contributed by atoms with Crippen molar-refractivity contribution < 1.29 is 37.2 Å². The first-order chi connectivity index (χ1) is 12.8. The van der Waals surface area contributed by atoms with E-state index in [0.29, 0.717) is 0 Å². The molecule has 0 aliphatic rings. The average Bonchev–Trinajstić information content (AvgIpc) is 2.65. The predicted octanol–water partition coefficient (Wildman–Crippen LogP) is 2.24. The number of phenolic OH excluding ortho intramolecular Hbond substituents is 1. The Kier molecular flexibility index (Phi) is 6.11. The van der Waals surface area contributed by atoms with E-state index in [-0.39, 0.29) is 45.1 Å². The number of ether oxygens (including phenoxy) is 5. The molecule has 0 saturated heterocycles. The number of hydrogen-bond acceptors (Lipinski definition) is 8. The lowest BCUT2D eigenvalue weighted by Gasteiger charge is -2.19. The van der Waals surface area contributed by atoms with E-state index >= 15 is 0 Å². The average molecular weight is 399 g/mol. The number of hydrogen-bond donors (Lipinski definition) is 2. The van der Waals surface area contributed by atoms with Crippen molar-refractivity contribution in [2.24, 2.45) is 0 Å². The lowest BCUT2D eigenvalue weighted by Crippen LogP contribution is -2.15. The van der Waals surface area contributed by atoms with Crippen LogP contribution < -0.4 is 28.4 Å². The van der Waals surface area contributed by atoms with Crippen LogP contribution in [0, 0.1) is 0 Å². The van der Waals surface area contributed by atoms with Gasteiger partial charge in [0.15, 0.2) is 23.0 Å². The van der Waals surface area contributed by atoms with E-state index in [2.05, 4.69) is 4.72 Å². The van der Waals surface area contributed by atoms with Crippen LogP contribution in [0.3, 0.4) is 0 Å². The Morgan fingerprint density at radius 3 is 1.85 bits per heavy atom. The van der Waals surface area contributed by atoms with Crippen LogP contribution in [-0.2, 0) is 10.0 Å². The highest BCUT2D eigenvalue weighted by atomic mass is 32.2. The van der Waals surface area contributed by atoms with Gasteiger partial charge in [0.2, 0.25) is 11.5 Å². The third-order valence-electron chi connectivity index (χ3n) is 3.68. The summed E-state index contributed by atoms with van der Waals surface area (Å²) in [5.41, 5.74) is 0.129. The third-order valence-corrected chi connectivity index (χ3v) is 5.06. The second-order valence-corrected chi connectivity index (χ2v) is 6.82. The zero-order chi connectivity index (χ0) is 20.2. The van der Waals surface area contributed by atoms with Crippen molar-refractivity contribution in [1.82, 2.24) is 0 Å². The molecular weight excluding hydrogens is 378 g/mol. The van der Waals surface area contributed by atoms with E-state index in [1.54, 1.807) is 0 Å². The Labute approximate surface area is 157 Å². The summed E-state index contributed by atoms with van der Waals surface area (Å²) in [5, 5.41) is 9.85.